The van der Waals surface area contributed by atoms with Crippen molar-refractivity contribution >= 4 is 0 Å². The quantitative estimate of drug-likeness (QED) is 0.821. The molecule has 0 unspecified atom stereocenters. The second kappa shape index (κ2) is 6.80. The molecule has 0 saturated carbocycles. The van der Waals surface area contributed by atoms with Crippen LogP contribution < -0.4 is 5.32 Å². The lowest BCUT2D eigenvalue weighted by atomic mass is 10.3. The van der Waals surface area contributed by atoms with E-state index in [-0.39, 0.29) is 6.54 Å². The molecule has 0 fully saturated rings. The molecule has 0 radical (unpaired) electrons. The van der Waals surface area contributed by atoms with Gasteiger partial charge in [-0.05, 0) is 19.2 Å². The molecule has 3 nitrogen and oxygen atoms in total. The molecule has 0 aliphatic heterocycles. The Kier molecular flexibility index (Phi) is 5.68. The summed E-state index contributed by atoms with van der Waals surface area (Å²) in [6, 6.07) is 1.79. The minimum Gasteiger partial charge on any atom is -0.468 e. The van der Waals surface area contributed by atoms with Gasteiger partial charge in [-0.25, -0.2) is 0 Å². The second-order valence-electron chi connectivity index (χ2n) is 4.12. The maximum atomic E-state index is 12.3. The topological polar surface area (TPSA) is 28.4 Å². The van der Waals surface area contributed by atoms with Gasteiger partial charge in [0.15, 0.2) is 0 Å². The Labute approximate surface area is 105 Å². The number of furan rings is 1. The van der Waals surface area contributed by atoms with Gasteiger partial charge in [-0.2, -0.15) is 13.2 Å². The molecule has 0 aromatic carbocycles. The zero-order valence-electron chi connectivity index (χ0n) is 10.7. The molecule has 0 bridgehead atoms. The second-order valence-corrected chi connectivity index (χ2v) is 4.12. The molecule has 0 spiro atoms. The van der Waals surface area contributed by atoms with Crippen molar-refractivity contribution < 1.29 is 17.6 Å². The number of alkyl halides is 3. The Balaban J connectivity index is 2.51. The monoisotopic (exact) mass is 264 g/mol. The van der Waals surface area contributed by atoms with Crippen molar-refractivity contribution in [2.75, 3.05) is 19.6 Å². The van der Waals surface area contributed by atoms with Gasteiger partial charge in [-0.15, -0.1) is 0 Å². The molecule has 104 valence electrons. The highest BCUT2D eigenvalue weighted by atomic mass is 19.4. The molecule has 0 saturated heterocycles. The van der Waals surface area contributed by atoms with Crippen LogP contribution in [0.4, 0.5) is 13.2 Å². The van der Waals surface area contributed by atoms with Gasteiger partial charge in [0, 0.05) is 12.1 Å². The summed E-state index contributed by atoms with van der Waals surface area (Å²) in [5.74, 6) is 0.564. The van der Waals surface area contributed by atoms with Crippen LogP contribution in [-0.2, 0) is 13.1 Å². The lowest BCUT2D eigenvalue weighted by Crippen LogP contribution is -2.33. The summed E-state index contributed by atoms with van der Waals surface area (Å²) < 4.78 is 42.1. The van der Waals surface area contributed by atoms with Crippen LogP contribution in [0.5, 0.6) is 0 Å². The lowest BCUT2D eigenvalue weighted by molar-refractivity contribution is -0.147. The highest BCUT2D eigenvalue weighted by Gasteiger charge is 2.30. The molecule has 1 heterocycles. The first kappa shape index (κ1) is 15.0. The lowest BCUT2D eigenvalue weighted by Gasteiger charge is -2.20. The molecule has 0 aliphatic carbocycles. The zero-order chi connectivity index (χ0) is 13.6. The SMILES string of the molecule is CCNCc1coc(CN(CC)CC(F)(F)F)c1. The van der Waals surface area contributed by atoms with Crippen molar-refractivity contribution in [3.8, 4) is 0 Å². The minimum absolute atomic E-state index is 0.183. The summed E-state index contributed by atoms with van der Waals surface area (Å²) in [5.41, 5.74) is 0.954. The van der Waals surface area contributed by atoms with Gasteiger partial charge in [0.2, 0.25) is 0 Å². The van der Waals surface area contributed by atoms with E-state index in [0.717, 1.165) is 12.1 Å². The van der Waals surface area contributed by atoms with Gasteiger partial charge in [-0.1, -0.05) is 13.8 Å². The Morgan fingerprint density at radius 3 is 2.61 bits per heavy atom. The van der Waals surface area contributed by atoms with E-state index in [2.05, 4.69) is 5.32 Å². The van der Waals surface area contributed by atoms with Crippen molar-refractivity contribution in [2.24, 2.45) is 0 Å². The summed E-state index contributed by atoms with van der Waals surface area (Å²) >= 11 is 0. The molecule has 1 aromatic heterocycles. The third-order valence-corrected chi connectivity index (χ3v) is 2.52. The summed E-state index contributed by atoms with van der Waals surface area (Å²) in [6.45, 7) is 4.82. The van der Waals surface area contributed by atoms with Crippen molar-refractivity contribution in [1.82, 2.24) is 10.2 Å². The third kappa shape index (κ3) is 5.55. The molecular weight excluding hydrogens is 245 g/mol. The van der Waals surface area contributed by atoms with E-state index in [9.17, 15) is 13.2 Å². The average Bonchev–Trinajstić information content (AvgIpc) is 2.71. The van der Waals surface area contributed by atoms with E-state index in [1.165, 1.54) is 4.90 Å². The zero-order valence-corrected chi connectivity index (χ0v) is 10.7. The van der Waals surface area contributed by atoms with E-state index in [1.807, 2.05) is 6.92 Å². The summed E-state index contributed by atoms with van der Waals surface area (Å²) in [7, 11) is 0. The largest absolute Gasteiger partial charge is 0.468 e. The summed E-state index contributed by atoms with van der Waals surface area (Å²) in [5, 5.41) is 3.13. The molecule has 0 aliphatic rings. The normalized spacial score (nSPS) is 12.3. The fourth-order valence-corrected chi connectivity index (χ4v) is 1.62. The van der Waals surface area contributed by atoms with Crippen LogP contribution in [0, 0.1) is 0 Å². The Morgan fingerprint density at radius 1 is 1.33 bits per heavy atom. The van der Waals surface area contributed by atoms with E-state index < -0.39 is 12.7 Å². The van der Waals surface area contributed by atoms with Crippen LogP contribution in [0.3, 0.4) is 0 Å². The molecule has 6 heteroatoms. The van der Waals surface area contributed by atoms with E-state index in [1.54, 1.807) is 19.3 Å². The predicted molar refractivity (Wildman–Crippen MR) is 63.1 cm³/mol. The molecular formula is C12H19F3N2O. The maximum Gasteiger partial charge on any atom is 0.401 e. The van der Waals surface area contributed by atoms with Crippen LogP contribution in [0.15, 0.2) is 16.7 Å². The first-order chi connectivity index (χ1) is 8.44. The smallest absolute Gasteiger partial charge is 0.401 e. The Hall–Kier alpha value is -1.01. The molecule has 1 rings (SSSR count). The summed E-state index contributed by atoms with van der Waals surface area (Å²) in [4.78, 5) is 1.30. The van der Waals surface area contributed by atoms with Crippen LogP contribution in [0.2, 0.25) is 0 Å². The van der Waals surface area contributed by atoms with Crippen molar-refractivity contribution in [2.45, 2.75) is 33.1 Å². The number of halogens is 3. The number of hydrogen-bond acceptors (Lipinski definition) is 3. The maximum absolute atomic E-state index is 12.3. The first-order valence-electron chi connectivity index (χ1n) is 6.00. The highest BCUT2D eigenvalue weighted by molar-refractivity contribution is 5.12. The third-order valence-electron chi connectivity index (χ3n) is 2.52. The highest BCUT2D eigenvalue weighted by Crippen LogP contribution is 2.18. The van der Waals surface area contributed by atoms with Crippen molar-refractivity contribution in [1.29, 1.82) is 0 Å². The standard InChI is InChI=1S/C12H19F3N2O/c1-3-16-6-10-5-11(18-8-10)7-17(4-2)9-12(13,14)15/h5,8,16H,3-4,6-7,9H2,1-2H3. The number of rotatable bonds is 7. The average molecular weight is 264 g/mol. The molecule has 1 aromatic rings. The Morgan fingerprint density at radius 2 is 2.06 bits per heavy atom. The van der Waals surface area contributed by atoms with Crippen molar-refractivity contribution in [3.63, 3.8) is 0 Å². The van der Waals surface area contributed by atoms with Crippen LogP contribution in [-0.4, -0.2) is 30.7 Å². The summed E-state index contributed by atoms with van der Waals surface area (Å²) in [6.07, 6.45) is -2.59. The van der Waals surface area contributed by atoms with Gasteiger partial charge in [0.05, 0.1) is 19.4 Å². The fraction of sp³-hybridized carbons (Fsp3) is 0.667. The van der Waals surface area contributed by atoms with Crippen LogP contribution in [0.25, 0.3) is 0 Å². The Bertz CT molecular complexity index is 349. The van der Waals surface area contributed by atoms with Crippen LogP contribution >= 0.6 is 0 Å². The van der Waals surface area contributed by atoms with E-state index in [0.29, 0.717) is 18.8 Å². The minimum atomic E-state index is -4.17. The van der Waals surface area contributed by atoms with Gasteiger partial charge in [-0.3, -0.25) is 4.90 Å². The fourth-order valence-electron chi connectivity index (χ4n) is 1.62. The van der Waals surface area contributed by atoms with Gasteiger partial charge < -0.3 is 9.73 Å². The van der Waals surface area contributed by atoms with Gasteiger partial charge >= 0.3 is 6.18 Å². The molecule has 1 N–H and O–H groups in total. The predicted octanol–water partition coefficient (Wildman–Crippen LogP) is 2.77. The number of hydrogen-bond donors (Lipinski definition) is 1. The van der Waals surface area contributed by atoms with E-state index in [4.69, 9.17) is 4.42 Å². The van der Waals surface area contributed by atoms with Gasteiger partial charge in [0.25, 0.3) is 0 Å². The number of nitrogens with one attached hydrogen (secondary N) is 1. The molecule has 0 amide bonds. The molecule has 0 atom stereocenters. The van der Waals surface area contributed by atoms with Crippen molar-refractivity contribution in [3.05, 3.63) is 23.7 Å². The molecule has 18 heavy (non-hydrogen) atoms. The first-order valence-corrected chi connectivity index (χ1v) is 6.00. The van der Waals surface area contributed by atoms with Crippen LogP contribution in [0.1, 0.15) is 25.2 Å². The number of nitrogens with zero attached hydrogens (tertiary/aromatic N) is 1. The van der Waals surface area contributed by atoms with Gasteiger partial charge in [0.1, 0.15) is 5.76 Å². The van der Waals surface area contributed by atoms with E-state index >= 15 is 0 Å².